The molecule has 0 saturated heterocycles. The quantitative estimate of drug-likeness (QED) is 0.135. The highest BCUT2D eigenvalue weighted by Gasteiger charge is 2.03. The molecule has 0 rings (SSSR count). The first kappa shape index (κ1) is 24.4. The van der Waals surface area contributed by atoms with Crippen LogP contribution in [0, 0.1) is 0 Å². The van der Waals surface area contributed by atoms with Crippen LogP contribution in [0.4, 0.5) is 0 Å². The summed E-state index contributed by atoms with van der Waals surface area (Å²) >= 11 is 6.37. The summed E-state index contributed by atoms with van der Waals surface area (Å²) in [6.45, 7) is 4.51. The van der Waals surface area contributed by atoms with E-state index in [0.29, 0.717) is 0 Å². The molecule has 0 saturated carbocycles. The van der Waals surface area contributed by atoms with Crippen LogP contribution in [0.25, 0.3) is 0 Å². The Hall–Kier alpha value is 0.440. The molecule has 0 unspecified atom stereocenters. The van der Waals surface area contributed by atoms with Gasteiger partial charge in [0.1, 0.15) is 0 Å². The largest absolute Gasteiger partial charge is 0.179 e. The van der Waals surface area contributed by atoms with Crippen molar-refractivity contribution in [3.63, 3.8) is 0 Å². The predicted octanol–water partition coefficient (Wildman–Crippen LogP) is 8.47. The Morgan fingerprint density at radius 3 is 1.58 bits per heavy atom. The van der Waals surface area contributed by atoms with Gasteiger partial charge in [0.05, 0.1) is 0 Å². The topological polar surface area (TPSA) is 0 Å². The Labute approximate surface area is 163 Å². The molecular formula is C22H44S2. The minimum Gasteiger partial charge on any atom is -0.179 e. The van der Waals surface area contributed by atoms with E-state index in [4.69, 9.17) is 0 Å². The SMILES string of the molecule is CC/C=C\[C@@H](CCCCCCCCCCCCCCCS)SCC. The maximum Gasteiger partial charge on any atom is 0.0226 e. The Kier molecular flexibility index (Phi) is 21.9. The van der Waals surface area contributed by atoms with Gasteiger partial charge in [0.25, 0.3) is 0 Å². The zero-order valence-electron chi connectivity index (χ0n) is 16.6. The van der Waals surface area contributed by atoms with E-state index in [1.807, 2.05) is 0 Å². The lowest BCUT2D eigenvalue weighted by atomic mass is 10.0. The van der Waals surface area contributed by atoms with Gasteiger partial charge in [0.2, 0.25) is 0 Å². The van der Waals surface area contributed by atoms with E-state index in [0.717, 1.165) is 11.0 Å². The molecule has 0 aromatic rings. The van der Waals surface area contributed by atoms with Gasteiger partial charge in [0, 0.05) is 5.25 Å². The Morgan fingerprint density at radius 2 is 1.17 bits per heavy atom. The summed E-state index contributed by atoms with van der Waals surface area (Å²) in [5.41, 5.74) is 0. The zero-order chi connectivity index (χ0) is 17.7. The van der Waals surface area contributed by atoms with Crippen molar-refractivity contribution in [2.45, 2.75) is 115 Å². The lowest BCUT2D eigenvalue weighted by molar-refractivity contribution is 0.537. The lowest BCUT2D eigenvalue weighted by Gasteiger charge is -2.11. The van der Waals surface area contributed by atoms with Crippen LogP contribution >= 0.6 is 24.4 Å². The Balaban J connectivity index is 3.25. The smallest absolute Gasteiger partial charge is 0.0226 e. The fraction of sp³-hybridized carbons (Fsp3) is 0.909. The van der Waals surface area contributed by atoms with Crippen LogP contribution in [0.3, 0.4) is 0 Å². The highest BCUT2D eigenvalue weighted by Crippen LogP contribution is 2.20. The van der Waals surface area contributed by atoms with Crippen LogP contribution in [0.5, 0.6) is 0 Å². The molecule has 0 aromatic heterocycles. The van der Waals surface area contributed by atoms with E-state index in [-0.39, 0.29) is 0 Å². The van der Waals surface area contributed by atoms with Crippen molar-refractivity contribution in [1.82, 2.24) is 0 Å². The molecule has 0 N–H and O–H groups in total. The molecule has 1 atom stereocenters. The minimum atomic E-state index is 0.766. The number of rotatable bonds is 19. The number of thiol groups is 1. The van der Waals surface area contributed by atoms with Crippen LogP contribution in [-0.4, -0.2) is 16.8 Å². The number of unbranched alkanes of at least 4 members (excludes halogenated alkanes) is 12. The molecule has 0 bridgehead atoms. The fourth-order valence-corrected chi connectivity index (χ4v) is 4.35. The summed E-state index contributed by atoms with van der Waals surface area (Å²) in [5, 5.41) is 0.766. The first-order chi connectivity index (χ1) is 11.8. The fourth-order valence-electron chi connectivity index (χ4n) is 3.14. The van der Waals surface area contributed by atoms with Crippen molar-refractivity contribution in [2.24, 2.45) is 0 Å². The molecule has 0 aliphatic carbocycles. The van der Waals surface area contributed by atoms with Crippen molar-refractivity contribution in [3.8, 4) is 0 Å². The number of thioether (sulfide) groups is 1. The van der Waals surface area contributed by atoms with Gasteiger partial charge < -0.3 is 0 Å². The molecule has 0 aliphatic heterocycles. The van der Waals surface area contributed by atoms with Gasteiger partial charge in [-0.2, -0.15) is 24.4 Å². The van der Waals surface area contributed by atoms with Crippen LogP contribution < -0.4 is 0 Å². The summed E-state index contributed by atoms with van der Waals surface area (Å²) in [5.74, 6) is 2.31. The van der Waals surface area contributed by atoms with Crippen molar-refractivity contribution in [2.75, 3.05) is 11.5 Å². The summed E-state index contributed by atoms with van der Waals surface area (Å²) in [4.78, 5) is 0. The maximum absolute atomic E-state index is 4.26. The second kappa shape index (κ2) is 21.5. The van der Waals surface area contributed by atoms with Gasteiger partial charge in [0.15, 0.2) is 0 Å². The molecule has 24 heavy (non-hydrogen) atoms. The van der Waals surface area contributed by atoms with Crippen LogP contribution in [0.2, 0.25) is 0 Å². The second-order valence-electron chi connectivity index (χ2n) is 6.94. The molecule has 0 aromatic carbocycles. The number of allylic oxidation sites excluding steroid dienone is 1. The van der Waals surface area contributed by atoms with E-state index >= 15 is 0 Å². The Morgan fingerprint density at radius 1 is 0.708 bits per heavy atom. The number of hydrogen-bond acceptors (Lipinski definition) is 2. The summed E-state index contributed by atoms with van der Waals surface area (Å²) < 4.78 is 0. The summed E-state index contributed by atoms with van der Waals surface area (Å²) in [6, 6.07) is 0. The lowest BCUT2D eigenvalue weighted by Crippen LogP contribution is -1.99. The van der Waals surface area contributed by atoms with Gasteiger partial charge in [-0.3, -0.25) is 0 Å². The van der Waals surface area contributed by atoms with E-state index in [9.17, 15) is 0 Å². The van der Waals surface area contributed by atoms with Gasteiger partial charge in [-0.15, -0.1) is 0 Å². The molecule has 0 nitrogen and oxygen atoms in total. The summed E-state index contributed by atoms with van der Waals surface area (Å²) in [6.07, 6.45) is 25.9. The standard InChI is InChI=1S/C22H44S2/c1-3-5-19-22(24-4-2)20-17-15-13-11-9-7-6-8-10-12-14-16-18-21-23/h5,19,22-23H,3-4,6-18,20-21H2,1-2H3/b19-5-/t22-/m0/s1. The average Bonchev–Trinajstić information content (AvgIpc) is 2.59. The van der Waals surface area contributed by atoms with E-state index in [2.05, 4.69) is 50.4 Å². The van der Waals surface area contributed by atoms with Crippen LogP contribution in [-0.2, 0) is 0 Å². The van der Waals surface area contributed by atoms with E-state index < -0.39 is 0 Å². The molecule has 0 fully saturated rings. The van der Waals surface area contributed by atoms with E-state index in [1.165, 1.54) is 102 Å². The molecule has 0 spiro atoms. The van der Waals surface area contributed by atoms with Crippen LogP contribution in [0.1, 0.15) is 110 Å². The maximum atomic E-state index is 4.26. The molecule has 0 aliphatic rings. The van der Waals surface area contributed by atoms with Gasteiger partial charge in [-0.25, -0.2) is 0 Å². The zero-order valence-corrected chi connectivity index (χ0v) is 18.3. The van der Waals surface area contributed by atoms with Crippen molar-refractivity contribution in [1.29, 1.82) is 0 Å². The van der Waals surface area contributed by atoms with Gasteiger partial charge >= 0.3 is 0 Å². The average molecular weight is 373 g/mol. The molecule has 2 heteroatoms. The van der Waals surface area contributed by atoms with Crippen LogP contribution in [0.15, 0.2) is 12.2 Å². The van der Waals surface area contributed by atoms with Gasteiger partial charge in [-0.1, -0.05) is 103 Å². The first-order valence-corrected chi connectivity index (χ1v) is 12.4. The molecule has 0 radical (unpaired) electrons. The Bertz CT molecular complexity index is 250. The molecular weight excluding hydrogens is 328 g/mol. The highest BCUT2D eigenvalue weighted by molar-refractivity contribution is 8.00. The monoisotopic (exact) mass is 372 g/mol. The van der Waals surface area contributed by atoms with Crippen molar-refractivity contribution >= 4 is 24.4 Å². The second-order valence-corrected chi connectivity index (χ2v) is 8.90. The molecule has 0 heterocycles. The third-order valence-corrected chi connectivity index (χ3v) is 6.08. The third-order valence-electron chi connectivity index (χ3n) is 4.61. The minimum absolute atomic E-state index is 0.766. The molecule has 0 amide bonds. The van der Waals surface area contributed by atoms with Crippen molar-refractivity contribution in [3.05, 3.63) is 12.2 Å². The predicted molar refractivity (Wildman–Crippen MR) is 120 cm³/mol. The first-order valence-electron chi connectivity index (χ1n) is 10.7. The third kappa shape index (κ3) is 18.8. The number of hydrogen-bond donors (Lipinski definition) is 1. The highest BCUT2D eigenvalue weighted by atomic mass is 32.2. The molecule has 144 valence electrons. The van der Waals surface area contributed by atoms with E-state index in [1.54, 1.807) is 0 Å². The van der Waals surface area contributed by atoms with Gasteiger partial charge in [-0.05, 0) is 30.8 Å². The summed E-state index contributed by atoms with van der Waals surface area (Å²) in [7, 11) is 0. The van der Waals surface area contributed by atoms with Crippen molar-refractivity contribution < 1.29 is 0 Å². The normalized spacial score (nSPS) is 13.0.